The number of aromatic nitrogens is 4. The van der Waals surface area contributed by atoms with E-state index >= 15 is 0 Å². The van der Waals surface area contributed by atoms with E-state index in [1.54, 1.807) is 26.6 Å². The van der Waals surface area contributed by atoms with Gasteiger partial charge in [-0.05, 0) is 61.1 Å². The lowest BCUT2D eigenvalue weighted by Gasteiger charge is -2.17. The number of ether oxygens (including phenoxy) is 2. The maximum Gasteiger partial charge on any atom is 0.228 e. The van der Waals surface area contributed by atoms with E-state index in [0.717, 1.165) is 64.3 Å². The maximum atomic E-state index is 6.09. The molecule has 7 nitrogen and oxygen atoms in total. The maximum absolute atomic E-state index is 6.09. The van der Waals surface area contributed by atoms with Crippen molar-refractivity contribution in [2.75, 3.05) is 19.5 Å². The third-order valence-corrected chi connectivity index (χ3v) is 6.88. The first-order chi connectivity index (χ1) is 18.8. The third kappa shape index (κ3) is 4.36. The molecule has 0 bridgehead atoms. The van der Waals surface area contributed by atoms with Crippen LogP contribution < -0.4 is 14.8 Å². The average Bonchev–Trinajstić information content (AvgIpc) is 3.37. The minimum absolute atomic E-state index is 0.603. The zero-order valence-corrected chi connectivity index (χ0v) is 21.5. The summed E-state index contributed by atoms with van der Waals surface area (Å²) < 4.78 is 13.3. The van der Waals surface area contributed by atoms with Crippen LogP contribution in [-0.2, 0) is 0 Å². The predicted octanol–water partition coefficient (Wildman–Crippen LogP) is 7.18. The highest BCUT2D eigenvalue weighted by Crippen LogP contribution is 2.43. The van der Waals surface area contributed by atoms with Crippen molar-refractivity contribution in [3.05, 3.63) is 90.8 Å². The molecule has 38 heavy (non-hydrogen) atoms. The van der Waals surface area contributed by atoms with Crippen LogP contribution in [-0.4, -0.2) is 33.8 Å². The smallest absolute Gasteiger partial charge is 0.228 e. The third-order valence-electron chi connectivity index (χ3n) is 6.88. The van der Waals surface area contributed by atoms with Gasteiger partial charge in [0.2, 0.25) is 5.88 Å². The van der Waals surface area contributed by atoms with Crippen LogP contribution in [0.5, 0.6) is 11.6 Å². The molecule has 0 spiro atoms. The quantitative estimate of drug-likeness (QED) is 0.254. The molecule has 0 saturated carbocycles. The second-order valence-electron chi connectivity index (χ2n) is 9.24. The summed E-state index contributed by atoms with van der Waals surface area (Å²) in [4.78, 5) is 9.51. The Hall–Kier alpha value is -4.65. The second-order valence-corrected chi connectivity index (χ2v) is 9.24. The van der Waals surface area contributed by atoms with Gasteiger partial charge in [0.1, 0.15) is 17.3 Å². The van der Waals surface area contributed by atoms with Crippen molar-refractivity contribution >= 4 is 22.7 Å². The molecule has 1 aliphatic carbocycles. The fourth-order valence-corrected chi connectivity index (χ4v) is 5.05. The molecule has 0 fully saturated rings. The minimum Gasteiger partial charge on any atom is -0.497 e. The van der Waals surface area contributed by atoms with Crippen molar-refractivity contribution in [2.24, 2.45) is 0 Å². The van der Waals surface area contributed by atoms with Crippen molar-refractivity contribution in [3.8, 4) is 34.0 Å². The molecule has 0 radical (unpaired) electrons. The molecule has 0 unspecified atom stereocenters. The molecular formula is C31H29N5O2. The Kier molecular flexibility index (Phi) is 6.48. The molecule has 6 rings (SSSR count). The van der Waals surface area contributed by atoms with E-state index in [-0.39, 0.29) is 0 Å². The highest BCUT2D eigenvalue weighted by Gasteiger charge is 2.26. The Morgan fingerprint density at radius 1 is 0.842 bits per heavy atom. The van der Waals surface area contributed by atoms with E-state index in [0.29, 0.717) is 11.7 Å². The normalized spacial score (nSPS) is 13.3. The van der Waals surface area contributed by atoms with Gasteiger partial charge >= 0.3 is 0 Å². The standard InChI is InChI=1S/C31H29N5O2/c1-37-25-17-15-22(16-18-25)27-29(33-24-14-9-19-32-20-24)34-30-26(21-10-5-3-6-11-21)28(23-12-7-4-8-13-23)35-36(30)31(27)38-2/h4,7-10,12-20H,3,5-6,11H2,1-2H3,(H,33,34). The fraction of sp³-hybridized carbons (Fsp3) is 0.194. The molecule has 0 aliphatic heterocycles. The number of nitrogens with zero attached hydrogens (tertiary/aromatic N) is 4. The predicted molar refractivity (Wildman–Crippen MR) is 151 cm³/mol. The van der Waals surface area contributed by atoms with E-state index in [9.17, 15) is 0 Å². The van der Waals surface area contributed by atoms with Crippen LogP contribution in [0.25, 0.3) is 33.6 Å². The van der Waals surface area contributed by atoms with Crippen LogP contribution in [0.1, 0.15) is 31.2 Å². The lowest BCUT2D eigenvalue weighted by atomic mass is 9.92. The van der Waals surface area contributed by atoms with E-state index in [4.69, 9.17) is 19.6 Å². The summed E-state index contributed by atoms with van der Waals surface area (Å²) in [7, 11) is 3.34. The van der Waals surface area contributed by atoms with Gasteiger partial charge in [0, 0.05) is 11.8 Å². The first-order valence-electron chi connectivity index (χ1n) is 12.8. The lowest BCUT2D eigenvalue weighted by Crippen LogP contribution is -2.06. The van der Waals surface area contributed by atoms with Crippen LogP contribution in [0.15, 0.2) is 85.2 Å². The topological polar surface area (TPSA) is 73.6 Å². The number of nitrogens with one attached hydrogen (secondary N) is 1. The first-order valence-corrected chi connectivity index (χ1v) is 12.8. The Labute approximate surface area is 221 Å². The number of pyridine rings is 1. The fourth-order valence-electron chi connectivity index (χ4n) is 5.05. The Morgan fingerprint density at radius 2 is 1.68 bits per heavy atom. The number of fused-ring (bicyclic) bond motifs is 1. The SMILES string of the molecule is COc1ccc(-c2c(Nc3cccnc3)nc3c(C4=CCCCC4)c(-c4ccccc4)nn3c2OC)cc1. The average molecular weight is 504 g/mol. The Bertz CT molecular complexity index is 1590. The Morgan fingerprint density at radius 3 is 2.37 bits per heavy atom. The number of hydrogen-bond acceptors (Lipinski definition) is 6. The summed E-state index contributed by atoms with van der Waals surface area (Å²) in [5, 5.41) is 8.62. The largest absolute Gasteiger partial charge is 0.497 e. The molecule has 3 aromatic heterocycles. The molecule has 7 heteroatoms. The number of allylic oxidation sites excluding steroid dienone is 2. The van der Waals surface area contributed by atoms with Gasteiger partial charge in [0.15, 0.2) is 5.65 Å². The summed E-state index contributed by atoms with van der Waals surface area (Å²) in [6.45, 7) is 0. The van der Waals surface area contributed by atoms with Gasteiger partial charge in [-0.3, -0.25) is 4.98 Å². The molecule has 2 aromatic carbocycles. The number of methoxy groups -OCH3 is 2. The highest BCUT2D eigenvalue weighted by atomic mass is 16.5. The van der Waals surface area contributed by atoms with Gasteiger partial charge < -0.3 is 14.8 Å². The molecule has 0 saturated heterocycles. The van der Waals surface area contributed by atoms with Gasteiger partial charge in [-0.2, -0.15) is 9.61 Å². The molecule has 0 amide bonds. The summed E-state index contributed by atoms with van der Waals surface area (Å²) >= 11 is 0. The molecule has 0 atom stereocenters. The van der Waals surface area contributed by atoms with Gasteiger partial charge in [0.05, 0.1) is 37.2 Å². The van der Waals surface area contributed by atoms with Crippen molar-refractivity contribution < 1.29 is 9.47 Å². The molecule has 3 heterocycles. The van der Waals surface area contributed by atoms with Crippen molar-refractivity contribution in [2.45, 2.75) is 25.7 Å². The van der Waals surface area contributed by atoms with Gasteiger partial charge in [0.25, 0.3) is 0 Å². The van der Waals surface area contributed by atoms with E-state index in [1.807, 2.05) is 59.1 Å². The van der Waals surface area contributed by atoms with Gasteiger partial charge in [-0.1, -0.05) is 48.5 Å². The van der Waals surface area contributed by atoms with Crippen molar-refractivity contribution in [1.29, 1.82) is 0 Å². The highest BCUT2D eigenvalue weighted by molar-refractivity contribution is 5.91. The molecular weight excluding hydrogens is 474 g/mol. The molecule has 1 N–H and O–H groups in total. The van der Waals surface area contributed by atoms with Crippen molar-refractivity contribution in [3.63, 3.8) is 0 Å². The number of benzene rings is 2. The van der Waals surface area contributed by atoms with Gasteiger partial charge in [-0.15, -0.1) is 0 Å². The number of hydrogen-bond donors (Lipinski definition) is 1. The lowest BCUT2D eigenvalue weighted by molar-refractivity contribution is 0.387. The van der Waals surface area contributed by atoms with Gasteiger partial charge in [-0.25, -0.2) is 4.98 Å². The zero-order valence-electron chi connectivity index (χ0n) is 21.5. The molecule has 5 aromatic rings. The molecule has 1 aliphatic rings. The molecule has 190 valence electrons. The van der Waals surface area contributed by atoms with Crippen molar-refractivity contribution in [1.82, 2.24) is 19.6 Å². The second kappa shape index (κ2) is 10.4. The van der Waals surface area contributed by atoms with Crippen LogP contribution in [0.2, 0.25) is 0 Å². The summed E-state index contributed by atoms with van der Waals surface area (Å²) in [6, 6.07) is 22.1. The Balaban J connectivity index is 1.66. The number of anilines is 2. The van der Waals surface area contributed by atoms with Crippen LogP contribution in [0, 0.1) is 0 Å². The first kappa shape index (κ1) is 23.7. The summed E-state index contributed by atoms with van der Waals surface area (Å²) in [6.07, 6.45) is 10.3. The van der Waals surface area contributed by atoms with Crippen LogP contribution >= 0.6 is 0 Å². The van der Waals surface area contributed by atoms with E-state index in [2.05, 4.69) is 28.5 Å². The van der Waals surface area contributed by atoms with Crippen LogP contribution in [0.3, 0.4) is 0 Å². The number of rotatable bonds is 7. The summed E-state index contributed by atoms with van der Waals surface area (Å²) in [5.74, 6) is 2.05. The monoisotopic (exact) mass is 503 g/mol. The van der Waals surface area contributed by atoms with E-state index < -0.39 is 0 Å². The zero-order chi connectivity index (χ0) is 25.9. The van der Waals surface area contributed by atoms with E-state index in [1.165, 1.54) is 12.0 Å². The summed E-state index contributed by atoms with van der Waals surface area (Å²) in [5.41, 5.74) is 7.63. The van der Waals surface area contributed by atoms with Crippen LogP contribution in [0.4, 0.5) is 11.5 Å². The minimum atomic E-state index is 0.603.